The molecule has 0 N–H and O–H groups in total. The summed E-state index contributed by atoms with van der Waals surface area (Å²) in [4.78, 5) is 0. The van der Waals surface area contributed by atoms with E-state index in [1.807, 2.05) is 0 Å². The van der Waals surface area contributed by atoms with Crippen LogP contribution in [0.4, 0.5) is 17.6 Å². The molecule has 0 fully saturated rings. The smallest absolute Gasteiger partial charge is 0.222 e. The van der Waals surface area contributed by atoms with Crippen molar-refractivity contribution in [3.63, 3.8) is 0 Å². The zero-order chi connectivity index (χ0) is 16.1. The van der Waals surface area contributed by atoms with E-state index in [1.54, 1.807) is 0 Å². The number of hydrogen-bond acceptors (Lipinski definition) is 3. The van der Waals surface area contributed by atoms with Crippen LogP contribution >= 0.6 is 8.25 Å². The van der Waals surface area contributed by atoms with Gasteiger partial charge in [0, 0.05) is 15.7 Å². The minimum absolute atomic E-state index is 0.0923. The van der Waals surface area contributed by atoms with Gasteiger partial charge in [0.2, 0.25) is 0 Å². The highest BCUT2D eigenvalue weighted by Crippen LogP contribution is 2.32. The molecule has 0 aliphatic rings. The highest BCUT2D eigenvalue weighted by Gasteiger charge is 2.24. The summed E-state index contributed by atoms with van der Waals surface area (Å²) in [5.41, 5.74) is -0.378. The lowest BCUT2D eigenvalue weighted by Crippen LogP contribution is -1.90. The van der Waals surface area contributed by atoms with Crippen LogP contribution in [-0.2, 0) is 4.57 Å². The second-order valence-electron chi connectivity index (χ2n) is 4.15. The average Bonchev–Trinajstić information content (AvgIpc) is 2.48. The SMILES string of the molecule is O=[P+](Oc1ccc(C(F)F)cc1)Oc1ccc(C(F)F)cc1. The molecular formula is C14H10F4O3P+. The van der Waals surface area contributed by atoms with Gasteiger partial charge in [0.05, 0.1) is 0 Å². The van der Waals surface area contributed by atoms with Crippen LogP contribution in [0.5, 0.6) is 11.5 Å². The van der Waals surface area contributed by atoms with Gasteiger partial charge in [-0.1, -0.05) is 0 Å². The molecule has 116 valence electrons. The van der Waals surface area contributed by atoms with Crippen molar-refractivity contribution in [2.75, 3.05) is 0 Å². The van der Waals surface area contributed by atoms with Gasteiger partial charge in [0.1, 0.15) is 0 Å². The Kier molecular flexibility index (Phi) is 5.33. The predicted octanol–water partition coefficient (Wildman–Crippen LogP) is 5.68. The first-order valence-electron chi connectivity index (χ1n) is 6.05. The summed E-state index contributed by atoms with van der Waals surface area (Å²) in [6.45, 7) is 0. The lowest BCUT2D eigenvalue weighted by atomic mass is 10.2. The minimum atomic E-state index is -2.61. The highest BCUT2D eigenvalue weighted by molar-refractivity contribution is 7.34. The summed E-state index contributed by atoms with van der Waals surface area (Å²) < 4.78 is 70.9. The molecule has 2 aromatic rings. The predicted molar refractivity (Wildman–Crippen MR) is 71.7 cm³/mol. The van der Waals surface area contributed by atoms with Gasteiger partial charge in [0.15, 0.2) is 11.5 Å². The van der Waals surface area contributed by atoms with Gasteiger partial charge in [-0.05, 0) is 48.5 Å². The van der Waals surface area contributed by atoms with Crippen molar-refractivity contribution in [3.8, 4) is 11.5 Å². The minimum Gasteiger partial charge on any atom is -0.222 e. The van der Waals surface area contributed by atoms with Crippen LogP contribution in [-0.4, -0.2) is 0 Å². The summed E-state index contributed by atoms with van der Waals surface area (Å²) >= 11 is 0. The van der Waals surface area contributed by atoms with E-state index in [1.165, 1.54) is 24.3 Å². The van der Waals surface area contributed by atoms with E-state index in [4.69, 9.17) is 9.05 Å². The lowest BCUT2D eigenvalue weighted by Gasteiger charge is -2.00. The molecule has 0 atom stereocenters. The van der Waals surface area contributed by atoms with Gasteiger partial charge in [-0.3, -0.25) is 0 Å². The molecule has 0 aliphatic carbocycles. The quantitative estimate of drug-likeness (QED) is 0.504. The van der Waals surface area contributed by atoms with Crippen molar-refractivity contribution in [1.82, 2.24) is 0 Å². The third-order valence-corrected chi connectivity index (χ3v) is 3.34. The van der Waals surface area contributed by atoms with Crippen LogP contribution < -0.4 is 9.05 Å². The van der Waals surface area contributed by atoms with E-state index in [9.17, 15) is 22.1 Å². The van der Waals surface area contributed by atoms with Crippen LogP contribution in [0, 0.1) is 0 Å². The first-order chi connectivity index (χ1) is 10.5. The molecule has 0 saturated carbocycles. The summed E-state index contributed by atoms with van der Waals surface area (Å²) in [6, 6.07) is 9.49. The molecule has 8 heteroatoms. The van der Waals surface area contributed by atoms with E-state index in [0.717, 1.165) is 24.3 Å². The second-order valence-corrected chi connectivity index (χ2v) is 4.96. The maximum atomic E-state index is 12.4. The zero-order valence-electron chi connectivity index (χ0n) is 11.0. The summed E-state index contributed by atoms with van der Waals surface area (Å²) in [7, 11) is -2.61. The van der Waals surface area contributed by atoms with Gasteiger partial charge in [-0.15, -0.1) is 0 Å². The van der Waals surface area contributed by atoms with E-state index < -0.39 is 21.1 Å². The van der Waals surface area contributed by atoms with Crippen LogP contribution in [0.25, 0.3) is 0 Å². The topological polar surface area (TPSA) is 35.5 Å². The van der Waals surface area contributed by atoms with Gasteiger partial charge in [0.25, 0.3) is 12.9 Å². The van der Waals surface area contributed by atoms with Crippen molar-refractivity contribution in [2.24, 2.45) is 0 Å². The molecule has 0 saturated heterocycles. The molecule has 0 unspecified atom stereocenters. The molecule has 0 aliphatic heterocycles. The number of halogens is 4. The molecule has 0 heterocycles. The molecule has 0 spiro atoms. The Morgan fingerprint density at radius 1 is 0.682 bits per heavy atom. The maximum absolute atomic E-state index is 12.4. The first kappa shape index (κ1) is 16.2. The standard InChI is InChI=1S/C14H10F4O3P/c15-13(16)9-1-5-11(6-2-9)20-22(19)21-12-7-3-10(4-8-12)14(17)18/h1-8,13-14H/q+1. The van der Waals surface area contributed by atoms with Crippen LogP contribution in [0.3, 0.4) is 0 Å². The molecule has 0 aromatic heterocycles. The second kappa shape index (κ2) is 7.22. The molecule has 0 bridgehead atoms. The van der Waals surface area contributed by atoms with Crippen molar-refractivity contribution in [2.45, 2.75) is 12.9 Å². The Morgan fingerprint density at radius 3 is 1.27 bits per heavy atom. The Hall–Kier alpha value is -2.14. The summed E-state index contributed by atoms with van der Waals surface area (Å²) in [5.74, 6) is 0.185. The van der Waals surface area contributed by atoms with Crippen LogP contribution in [0.15, 0.2) is 48.5 Å². The fourth-order valence-corrected chi connectivity index (χ4v) is 2.16. The van der Waals surface area contributed by atoms with Crippen molar-refractivity contribution >= 4 is 8.25 Å². The number of benzene rings is 2. The first-order valence-corrected chi connectivity index (χ1v) is 7.14. The van der Waals surface area contributed by atoms with Crippen LogP contribution in [0.2, 0.25) is 0 Å². The van der Waals surface area contributed by atoms with E-state index in [2.05, 4.69) is 0 Å². The van der Waals surface area contributed by atoms with Crippen molar-refractivity contribution in [3.05, 3.63) is 59.7 Å². The summed E-state index contributed by atoms with van der Waals surface area (Å²) in [6.07, 6.45) is -5.21. The largest absolute Gasteiger partial charge is 0.805 e. The number of hydrogen-bond donors (Lipinski definition) is 0. The Morgan fingerprint density at radius 2 is 1.00 bits per heavy atom. The fourth-order valence-electron chi connectivity index (χ4n) is 1.54. The summed E-state index contributed by atoms with van der Waals surface area (Å²) in [5, 5.41) is 0. The Labute approximate surface area is 124 Å². The molecular weight excluding hydrogens is 323 g/mol. The third kappa shape index (κ3) is 4.43. The van der Waals surface area contributed by atoms with Crippen molar-refractivity contribution in [1.29, 1.82) is 0 Å². The van der Waals surface area contributed by atoms with Gasteiger partial charge in [-0.25, -0.2) is 26.6 Å². The molecule has 3 nitrogen and oxygen atoms in total. The number of rotatable bonds is 6. The molecule has 0 radical (unpaired) electrons. The monoisotopic (exact) mass is 333 g/mol. The Balaban J connectivity index is 1.94. The van der Waals surface area contributed by atoms with Gasteiger partial charge >= 0.3 is 8.25 Å². The molecule has 22 heavy (non-hydrogen) atoms. The lowest BCUT2D eigenvalue weighted by molar-refractivity contribution is 0.151. The van der Waals surface area contributed by atoms with E-state index >= 15 is 0 Å². The molecule has 2 aromatic carbocycles. The maximum Gasteiger partial charge on any atom is 0.805 e. The number of alkyl halides is 4. The van der Waals surface area contributed by atoms with Gasteiger partial charge in [-0.2, -0.15) is 0 Å². The normalized spacial score (nSPS) is 10.8. The van der Waals surface area contributed by atoms with E-state index in [-0.39, 0.29) is 22.6 Å². The van der Waals surface area contributed by atoms with E-state index in [0.29, 0.717) is 0 Å². The molecule has 2 rings (SSSR count). The average molecular weight is 333 g/mol. The van der Waals surface area contributed by atoms with Gasteiger partial charge < -0.3 is 0 Å². The fraction of sp³-hybridized carbons (Fsp3) is 0.143. The zero-order valence-corrected chi connectivity index (χ0v) is 11.9. The third-order valence-electron chi connectivity index (χ3n) is 2.62. The highest BCUT2D eigenvalue weighted by atomic mass is 31.1. The van der Waals surface area contributed by atoms with Crippen molar-refractivity contribution < 1.29 is 31.2 Å². The van der Waals surface area contributed by atoms with Crippen LogP contribution in [0.1, 0.15) is 24.0 Å². The molecule has 0 amide bonds. The Bertz CT molecular complexity index is 574.